The topological polar surface area (TPSA) is 38.3 Å². The highest BCUT2D eigenvalue weighted by Crippen LogP contribution is 2.17. The molecule has 3 heteroatoms. The van der Waals surface area contributed by atoms with Crippen molar-refractivity contribution in [2.45, 2.75) is 32.7 Å². The van der Waals surface area contributed by atoms with Crippen molar-refractivity contribution in [1.82, 2.24) is 5.32 Å². The van der Waals surface area contributed by atoms with Crippen LogP contribution < -0.4 is 10.1 Å². The quantitative estimate of drug-likeness (QED) is 0.880. The molecule has 0 unspecified atom stereocenters. The van der Waals surface area contributed by atoms with E-state index in [0.29, 0.717) is 6.42 Å². The molecule has 0 radical (unpaired) electrons. The van der Waals surface area contributed by atoms with Crippen molar-refractivity contribution in [3.63, 3.8) is 0 Å². The van der Waals surface area contributed by atoms with Crippen molar-refractivity contribution in [2.75, 3.05) is 7.11 Å². The van der Waals surface area contributed by atoms with Gasteiger partial charge in [0.2, 0.25) is 5.91 Å². The van der Waals surface area contributed by atoms with Crippen LogP contribution in [0.4, 0.5) is 0 Å². The molecule has 0 saturated carbocycles. The van der Waals surface area contributed by atoms with Gasteiger partial charge in [0.05, 0.1) is 13.2 Å². The predicted molar refractivity (Wildman–Crippen MR) is 89.1 cm³/mol. The van der Waals surface area contributed by atoms with Gasteiger partial charge in [-0.2, -0.15) is 0 Å². The Morgan fingerprint density at radius 2 is 1.82 bits per heavy atom. The van der Waals surface area contributed by atoms with Crippen molar-refractivity contribution in [2.24, 2.45) is 0 Å². The number of ether oxygens (including phenoxy) is 1. The maximum Gasteiger partial charge on any atom is 0.220 e. The molecule has 1 atom stereocenters. The number of benzene rings is 2. The van der Waals surface area contributed by atoms with Crippen molar-refractivity contribution in [3.8, 4) is 5.75 Å². The fourth-order valence-corrected chi connectivity index (χ4v) is 2.51. The third kappa shape index (κ3) is 4.35. The number of carbonyl (C=O) groups is 1. The van der Waals surface area contributed by atoms with E-state index in [1.165, 1.54) is 11.1 Å². The molecule has 116 valence electrons. The number of amides is 1. The molecule has 0 bridgehead atoms. The van der Waals surface area contributed by atoms with Crippen LogP contribution in [0.5, 0.6) is 5.75 Å². The molecule has 1 N–H and O–H groups in total. The predicted octanol–water partition coefficient (Wildman–Crippen LogP) is 3.81. The number of hydrogen-bond donors (Lipinski definition) is 1. The van der Waals surface area contributed by atoms with E-state index in [4.69, 9.17) is 4.74 Å². The van der Waals surface area contributed by atoms with Crippen LogP contribution in [0.1, 0.15) is 36.1 Å². The third-order valence-electron chi connectivity index (χ3n) is 3.83. The van der Waals surface area contributed by atoms with Gasteiger partial charge in [0, 0.05) is 6.42 Å². The minimum Gasteiger partial charge on any atom is -0.497 e. The minimum absolute atomic E-state index is 0.0320. The summed E-state index contributed by atoms with van der Waals surface area (Å²) in [6, 6.07) is 16.0. The Kier molecular flexibility index (Phi) is 5.59. The molecule has 0 spiro atoms. The lowest BCUT2D eigenvalue weighted by molar-refractivity contribution is -0.121. The monoisotopic (exact) mass is 297 g/mol. The number of methoxy groups -OCH3 is 1. The standard InChI is InChI=1S/C19H23NO2/c1-14-6-4-5-7-18(14)15(2)20-19(21)13-10-16-8-11-17(22-3)12-9-16/h4-9,11-12,15H,10,13H2,1-3H3,(H,20,21)/t15-/m1/s1. The number of aryl methyl sites for hydroxylation is 2. The Labute approximate surface area is 132 Å². The summed E-state index contributed by atoms with van der Waals surface area (Å²) in [5.41, 5.74) is 3.50. The van der Waals surface area contributed by atoms with Crippen LogP contribution in [0.2, 0.25) is 0 Å². The molecule has 2 aromatic rings. The summed E-state index contributed by atoms with van der Waals surface area (Å²) < 4.78 is 5.13. The van der Waals surface area contributed by atoms with Gasteiger partial charge in [-0.05, 0) is 49.1 Å². The molecule has 0 aromatic heterocycles. The van der Waals surface area contributed by atoms with E-state index in [0.717, 1.165) is 17.7 Å². The molecule has 3 nitrogen and oxygen atoms in total. The van der Waals surface area contributed by atoms with Crippen LogP contribution >= 0.6 is 0 Å². The third-order valence-corrected chi connectivity index (χ3v) is 3.83. The van der Waals surface area contributed by atoms with Crippen molar-refractivity contribution < 1.29 is 9.53 Å². The first kappa shape index (κ1) is 16.1. The Morgan fingerprint density at radius 3 is 2.45 bits per heavy atom. The molecule has 2 rings (SSSR count). The maximum absolute atomic E-state index is 12.1. The van der Waals surface area contributed by atoms with Gasteiger partial charge in [-0.3, -0.25) is 4.79 Å². The van der Waals surface area contributed by atoms with Gasteiger partial charge < -0.3 is 10.1 Å². The van der Waals surface area contributed by atoms with Gasteiger partial charge >= 0.3 is 0 Å². The average Bonchev–Trinajstić information content (AvgIpc) is 2.53. The molecule has 0 saturated heterocycles. The number of carbonyl (C=O) groups excluding carboxylic acids is 1. The lowest BCUT2D eigenvalue weighted by Gasteiger charge is -2.16. The maximum atomic E-state index is 12.1. The highest BCUT2D eigenvalue weighted by atomic mass is 16.5. The second-order valence-corrected chi connectivity index (χ2v) is 5.49. The van der Waals surface area contributed by atoms with Crippen LogP contribution in [0.15, 0.2) is 48.5 Å². The van der Waals surface area contributed by atoms with Gasteiger partial charge in [0.1, 0.15) is 5.75 Å². The molecular weight excluding hydrogens is 274 g/mol. The Balaban J connectivity index is 1.86. The van der Waals surface area contributed by atoms with Crippen molar-refractivity contribution >= 4 is 5.91 Å². The van der Waals surface area contributed by atoms with Gasteiger partial charge in [-0.1, -0.05) is 36.4 Å². The molecule has 2 aromatic carbocycles. The first-order chi connectivity index (χ1) is 10.6. The number of hydrogen-bond acceptors (Lipinski definition) is 2. The summed E-state index contributed by atoms with van der Waals surface area (Å²) in [4.78, 5) is 12.1. The molecular formula is C19H23NO2. The van der Waals surface area contributed by atoms with E-state index in [-0.39, 0.29) is 11.9 Å². The Hall–Kier alpha value is -2.29. The van der Waals surface area contributed by atoms with E-state index in [2.05, 4.69) is 24.4 Å². The fraction of sp³-hybridized carbons (Fsp3) is 0.316. The summed E-state index contributed by atoms with van der Waals surface area (Å²) in [6.45, 7) is 4.09. The van der Waals surface area contributed by atoms with E-state index < -0.39 is 0 Å². The smallest absolute Gasteiger partial charge is 0.220 e. The van der Waals surface area contributed by atoms with Gasteiger partial charge in [0.15, 0.2) is 0 Å². The Bertz CT molecular complexity index is 620. The molecule has 0 aliphatic heterocycles. The second-order valence-electron chi connectivity index (χ2n) is 5.49. The van der Waals surface area contributed by atoms with Crippen LogP contribution in [0.25, 0.3) is 0 Å². The van der Waals surface area contributed by atoms with E-state index >= 15 is 0 Å². The summed E-state index contributed by atoms with van der Waals surface area (Å²) >= 11 is 0. The molecule has 22 heavy (non-hydrogen) atoms. The molecule has 0 aliphatic rings. The second kappa shape index (κ2) is 7.64. The van der Waals surface area contributed by atoms with Crippen molar-refractivity contribution in [1.29, 1.82) is 0 Å². The van der Waals surface area contributed by atoms with E-state index in [9.17, 15) is 4.79 Å². The van der Waals surface area contributed by atoms with Crippen LogP contribution in [-0.2, 0) is 11.2 Å². The summed E-state index contributed by atoms with van der Waals surface area (Å²) in [6.07, 6.45) is 1.22. The van der Waals surface area contributed by atoms with Gasteiger partial charge in [0.25, 0.3) is 0 Å². The minimum atomic E-state index is 0.0320. The van der Waals surface area contributed by atoms with Gasteiger partial charge in [-0.15, -0.1) is 0 Å². The normalized spacial score (nSPS) is 11.8. The molecule has 0 fully saturated rings. The lowest BCUT2D eigenvalue weighted by Crippen LogP contribution is -2.27. The number of nitrogens with one attached hydrogen (secondary N) is 1. The fourth-order valence-electron chi connectivity index (χ4n) is 2.51. The first-order valence-electron chi connectivity index (χ1n) is 7.58. The SMILES string of the molecule is COc1ccc(CCC(=O)N[C@H](C)c2ccccc2C)cc1. The van der Waals surface area contributed by atoms with Crippen LogP contribution in [0.3, 0.4) is 0 Å². The summed E-state index contributed by atoms with van der Waals surface area (Å²) in [7, 11) is 1.65. The Morgan fingerprint density at radius 1 is 1.14 bits per heavy atom. The van der Waals surface area contributed by atoms with Crippen LogP contribution in [-0.4, -0.2) is 13.0 Å². The summed E-state index contributed by atoms with van der Waals surface area (Å²) in [5.74, 6) is 0.910. The highest BCUT2D eigenvalue weighted by molar-refractivity contribution is 5.76. The molecule has 1 amide bonds. The largest absolute Gasteiger partial charge is 0.497 e. The zero-order valence-electron chi connectivity index (χ0n) is 13.4. The molecule has 0 aliphatic carbocycles. The zero-order chi connectivity index (χ0) is 15.9. The van der Waals surface area contributed by atoms with E-state index in [1.807, 2.05) is 43.3 Å². The highest BCUT2D eigenvalue weighted by Gasteiger charge is 2.11. The number of rotatable bonds is 6. The summed E-state index contributed by atoms with van der Waals surface area (Å²) in [5, 5.41) is 3.07. The van der Waals surface area contributed by atoms with E-state index in [1.54, 1.807) is 7.11 Å². The lowest BCUT2D eigenvalue weighted by atomic mass is 10.0. The zero-order valence-corrected chi connectivity index (χ0v) is 13.4. The van der Waals surface area contributed by atoms with Gasteiger partial charge in [-0.25, -0.2) is 0 Å². The van der Waals surface area contributed by atoms with Crippen LogP contribution in [0, 0.1) is 6.92 Å². The molecule has 0 heterocycles. The average molecular weight is 297 g/mol. The first-order valence-corrected chi connectivity index (χ1v) is 7.58. The van der Waals surface area contributed by atoms with Crippen molar-refractivity contribution in [3.05, 3.63) is 65.2 Å².